The molecule has 0 aliphatic carbocycles. The van der Waals surface area contributed by atoms with E-state index in [9.17, 15) is 13.2 Å². The molecule has 0 saturated heterocycles. The molecule has 10 heteroatoms. The van der Waals surface area contributed by atoms with Crippen molar-refractivity contribution < 1.29 is 17.9 Å². The van der Waals surface area contributed by atoms with Crippen LogP contribution in [0.5, 0.6) is 5.75 Å². The maximum atomic E-state index is 13.4. The van der Waals surface area contributed by atoms with Crippen LogP contribution < -0.4 is 4.74 Å². The fourth-order valence-electron chi connectivity index (χ4n) is 4.31. The normalized spacial score (nSPS) is 12.6. The summed E-state index contributed by atoms with van der Waals surface area (Å²) in [6.45, 7) is 4.66. The van der Waals surface area contributed by atoms with Gasteiger partial charge < -0.3 is 4.74 Å². The number of benzene rings is 3. The van der Waals surface area contributed by atoms with Crippen molar-refractivity contribution in [2.24, 2.45) is 0 Å². The molecule has 0 saturated carbocycles. The quantitative estimate of drug-likeness (QED) is 0.192. The number of tetrazole rings is 1. The predicted octanol–water partition coefficient (Wildman–Crippen LogP) is 6.47. The van der Waals surface area contributed by atoms with Crippen LogP contribution in [0.15, 0.2) is 79.1 Å². The Labute approximate surface area is 225 Å². The van der Waals surface area contributed by atoms with Crippen molar-refractivity contribution in [1.82, 2.24) is 25.1 Å². The van der Waals surface area contributed by atoms with Gasteiger partial charge >= 0.3 is 6.18 Å². The van der Waals surface area contributed by atoms with Crippen molar-refractivity contribution in [3.63, 3.8) is 0 Å². The molecule has 38 heavy (non-hydrogen) atoms. The van der Waals surface area contributed by atoms with Gasteiger partial charge in [0, 0.05) is 19.6 Å². The Morgan fingerprint density at radius 1 is 1.03 bits per heavy atom. The van der Waals surface area contributed by atoms with E-state index in [1.54, 1.807) is 6.07 Å². The highest BCUT2D eigenvalue weighted by atomic mass is 35.5. The third kappa shape index (κ3) is 7.79. The van der Waals surface area contributed by atoms with Crippen LogP contribution in [0.25, 0.3) is 0 Å². The van der Waals surface area contributed by atoms with E-state index in [0.29, 0.717) is 44.8 Å². The van der Waals surface area contributed by atoms with E-state index in [4.69, 9.17) is 16.3 Å². The van der Waals surface area contributed by atoms with Gasteiger partial charge in [-0.1, -0.05) is 73.1 Å². The Hall–Kier alpha value is -3.43. The summed E-state index contributed by atoms with van der Waals surface area (Å²) in [5, 5.41) is 11.4. The van der Waals surface area contributed by atoms with Gasteiger partial charge in [0.05, 0.1) is 23.7 Å². The Morgan fingerprint density at radius 3 is 2.55 bits per heavy atom. The van der Waals surface area contributed by atoms with Gasteiger partial charge in [0.2, 0.25) is 0 Å². The lowest BCUT2D eigenvalue weighted by molar-refractivity contribution is -0.137. The third-order valence-corrected chi connectivity index (χ3v) is 6.63. The molecule has 0 aliphatic heterocycles. The first-order valence-electron chi connectivity index (χ1n) is 12.3. The molecule has 1 atom stereocenters. The molecular weight excluding hydrogens is 515 g/mol. The lowest BCUT2D eigenvalue weighted by atomic mass is 10.00. The van der Waals surface area contributed by atoms with E-state index in [0.717, 1.165) is 17.4 Å². The van der Waals surface area contributed by atoms with E-state index < -0.39 is 11.7 Å². The molecule has 0 bridgehead atoms. The number of hydrogen-bond donors (Lipinski definition) is 0. The van der Waals surface area contributed by atoms with E-state index >= 15 is 0 Å². The number of ether oxygens (including phenoxy) is 1. The minimum atomic E-state index is -4.50. The number of hydrogen-bond acceptors (Lipinski definition) is 5. The fourth-order valence-corrected chi connectivity index (χ4v) is 4.60. The van der Waals surface area contributed by atoms with Crippen LogP contribution >= 0.6 is 11.6 Å². The molecular formula is C28H29ClF3N5O. The highest BCUT2D eigenvalue weighted by Crippen LogP contribution is 2.36. The summed E-state index contributed by atoms with van der Waals surface area (Å²) >= 11 is 6.21. The largest absolute Gasteiger partial charge is 0.494 e. The first-order chi connectivity index (χ1) is 18.3. The topological polar surface area (TPSA) is 56.1 Å². The van der Waals surface area contributed by atoms with Crippen molar-refractivity contribution in [1.29, 1.82) is 0 Å². The Kier molecular flexibility index (Phi) is 9.36. The molecule has 0 radical (unpaired) electrons. The van der Waals surface area contributed by atoms with Crippen LogP contribution in [0.1, 0.15) is 41.5 Å². The van der Waals surface area contributed by atoms with Crippen LogP contribution in [0.4, 0.5) is 13.2 Å². The zero-order valence-corrected chi connectivity index (χ0v) is 21.7. The minimum absolute atomic E-state index is 0.184. The zero-order valence-electron chi connectivity index (χ0n) is 21.0. The van der Waals surface area contributed by atoms with Crippen molar-refractivity contribution in [2.45, 2.75) is 38.5 Å². The van der Waals surface area contributed by atoms with Crippen molar-refractivity contribution in [2.75, 3.05) is 19.7 Å². The van der Waals surface area contributed by atoms with Crippen molar-refractivity contribution >= 4 is 11.6 Å². The molecule has 0 spiro atoms. The van der Waals surface area contributed by atoms with Gasteiger partial charge in [-0.05, 0) is 52.4 Å². The van der Waals surface area contributed by atoms with Gasteiger partial charge in [0.1, 0.15) is 5.75 Å². The predicted molar refractivity (Wildman–Crippen MR) is 140 cm³/mol. The smallest absolute Gasteiger partial charge is 0.417 e. The van der Waals surface area contributed by atoms with Gasteiger partial charge in [-0.2, -0.15) is 18.0 Å². The molecule has 1 aromatic heterocycles. The summed E-state index contributed by atoms with van der Waals surface area (Å²) in [6, 6.07) is 21.8. The standard InChI is InChI=1S/C28H29ClF3N5O/c1-21(23-9-3-2-4-10-23)17-36(19-24-11-6-13-26(27(24)29)28(30,31)32)14-7-15-38-25-12-5-8-22(16-25)18-37-34-20-33-35-37/h2-6,8-13,16,20-21H,7,14-15,17-19H2,1H3/t21-/m1/s1. The summed E-state index contributed by atoms with van der Waals surface area (Å²) in [4.78, 5) is 3.62. The maximum absolute atomic E-state index is 13.4. The molecule has 0 fully saturated rings. The zero-order chi connectivity index (χ0) is 27.0. The van der Waals surface area contributed by atoms with Gasteiger partial charge in [-0.25, -0.2) is 0 Å². The molecule has 0 unspecified atom stereocenters. The lowest BCUT2D eigenvalue weighted by Crippen LogP contribution is -2.30. The molecule has 6 nitrogen and oxygen atoms in total. The van der Waals surface area contributed by atoms with Crippen LogP contribution in [0.2, 0.25) is 5.02 Å². The number of aromatic nitrogens is 4. The fraction of sp³-hybridized carbons (Fsp3) is 0.321. The molecule has 4 aromatic rings. The summed E-state index contributed by atoms with van der Waals surface area (Å²) in [7, 11) is 0. The first-order valence-corrected chi connectivity index (χ1v) is 12.7. The lowest BCUT2D eigenvalue weighted by Gasteiger charge is -2.27. The summed E-state index contributed by atoms with van der Waals surface area (Å²) < 4.78 is 46.2. The van der Waals surface area contributed by atoms with Crippen LogP contribution in [-0.2, 0) is 19.3 Å². The summed E-state index contributed by atoms with van der Waals surface area (Å²) in [6.07, 6.45) is -2.42. The average Bonchev–Trinajstić information content (AvgIpc) is 3.41. The number of alkyl halides is 3. The van der Waals surface area contributed by atoms with E-state index in [2.05, 4.69) is 39.4 Å². The highest BCUT2D eigenvalue weighted by Gasteiger charge is 2.34. The molecule has 3 aromatic carbocycles. The molecule has 0 aliphatic rings. The number of rotatable bonds is 12. The average molecular weight is 544 g/mol. The maximum Gasteiger partial charge on any atom is 0.417 e. The second-order valence-corrected chi connectivity index (χ2v) is 9.52. The SMILES string of the molecule is C[C@H](CN(CCCOc1cccc(Cn2ncnn2)c1)Cc1cccc(C(F)(F)F)c1Cl)c1ccccc1. The van der Waals surface area contributed by atoms with E-state index in [1.165, 1.54) is 22.8 Å². The second kappa shape index (κ2) is 12.9. The molecule has 1 heterocycles. The Balaban J connectivity index is 1.40. The molecule has 4 rings (SSSR count). The van der Waals surface area contributed by atoms with Crippen LogP contribution in [0, 0.1) is 0 Å². The molecule has 0 amide bonds. The molecule has 200 valence electrons. The van der Waals surface area contributed by atoms with Crippen LogP contribution in [0.3, 0.4) is 0 Å². The van der Waals surface area contributed by atoms with Gasteiger partial charge in [0.15, 0.2) is 6.33 Å². The van der Waals surface area contributed by atoms with E-state index in [1.807, 2.05) is 42.5 Å². The van der Waals surface area contributed by atoms with Gasteiger partial charge in [0.25, 0.3) is 0 Å². The van der Waals surface area contributed by atoms with Crippen molar-refractivity contribution in [3.05, 3.63) is 106 Å². The van der Waals surface area contributed by atoms with Crippen LogP contribution in [-0.4, -0.2) is 44.8 Å². The Morgan fingerprint density at radius 2 is 1.82 bits per heavy atom. The summed E-state index contributed by atoms with van der Waals surface area (Å²) in [5.74, 6) is 0.913. The first kappa shape index (κ1) is 27.6. The van der Waals surface area contributed by atoms with Crippen molar-refractivity contribution in [3.8, 4) is 5.75 Å². The minimum Gasteiger partial charge on any atom is -0.494 e. The number of nitrogens with zero attached hydrogens (tertiary/aromatic N) is 5. The van der Waals surface area contributed by atoms with E-state index in [-0.39, 0.29) is 10.9 Å². The monoisotopic (exact) mass is 543 g/mol. The van der Waals surface area contributed by atoms with Gasteiger partial charge in [-0.15, -0.1) is 10.2 Å². The highest BCUT2D eigenvalue weighted by molar-refractivity contribution is 6.32. The van der Waals surface area contributed by atoms with Gasteiger partial charge in [-0.3, -0.25) is 4.90 Å². The second-order valence-electron chi connectivity index (χ2n) is 9.14. The third-order valence-electron chi connectivity index (χ3n) is 6.18. The summed E-state index contributed by atoms with van der Waals surface area (Å²) in [5.41, 5.74) is 1.80. The molecule has 0 N–H and O–H groups in total. The Bertz CT molecular complexity index is 1290. The number of halogens is 4.